The molecule has 0 bridgehead atoms. The van der Waals surface area contributed by atoms with Gasteiger partial charge in [0, 0.05) is 34.3 Å². The number of fused-ring (bicyclic) bond motifs is 2. The van der Waals surface area contributed by atoms with Crippen molar-refractivity contribution in [3.05, 3.63) is 71.6 Å². The van der Waals surface area contributed by atoms with Crippen molar-refractivity contribution in [2.45, 2.75) is 13.3 Å². The zero-order chi connectivity index (χ0) is 19.7. The fraction of sp³-hybridized carbons (Fsp3) is 0.130. The summed E-state index contributed by atoms with van der Waals surface area (Å²) >= 11 is 0. The van der Waals surface area contributed by atoms with Gasteiger partial charge in [-0.15, -0.1) is 12.4 Å². The number of hydrogen-bond donors (Lipinski definition) is 2. The standard InChI is InChI=1S/C23H20N2O3.ClH/c1-2-11-27-23(26)17-6-4-3-5-16(17)22-18-9-7-14(24)12-20(18)28-21-13-15(25)8-10-19(21)22;/h3-10,12-13,24H,2,11,25H2,1H3;1H. The molecule has 2 aromatic carbocycles. The highest BCUT2D eigenvalue weighted by atomic mass is 35.5. The minimum absolute atomic E-state index is 0. The van der Waals surface area contributed by atoms with Gasteiger partial charge in [-0.3, -0.25) is 0 Å². The molecule has 6 heteroatoms. The number of nitrogen functional groups attached to an aromatic ring is 1. The van der Waals surface area contributed by atoms with Gasteiger partial charge in [0.15, 0.2) is 0 Å². The van der Waals surface area contributed by atoms with Gasteiger partial charge in [0.25, 0.3) is 0 Å². The van der Waals surface area contributed by atoms with E-state index in [2.05, 4.69) is 0 Å². The summed E-state index contributed by atoms with van der Waals surface area (Å²) in [6, 6.07) is 18.1. The Hall–Kier alpha value is -3.31. The molecule has 0 atom stereocenters. The highest BCUT2D eigenvalue weighted by Gasteiger charge is 2.21. The SMILES string of the molecule is CCCOC(=O)c1ccccc1-c1c2ccc(=N)cc-2oc2cc(N)ccc12.Cl. The van der Waals surface area contributed by atoms with Gasteiger partial charge in [0.2, 0.25) is 0 Å². The van der Waals surface area contributed by atoms with Crippen LogP contribution in [0.3, 0.4) is 0 Å². The average Bonchev–Trinajstić information content (AvgIpc) is 2.70. The van der Waals surface area contributed by atoms with E-state index < -0.39 is 0 Å². The van der Waals surface area contributed by atoms with Crippen LogP contribution >= 0.6 is 12.4 Å². The molecule has 4 rings (SSSR count). The number of benzene rings is 3. The van der Waals surface area contributed by atoms with Crippen molar-refractivity contribution in [1.29, 1.82) is 5.41 Å². The van der Waals surface area contributed by atoms with E-state index in [0.29, 0.717) is 34.6 Å². The Morgan fingerprint density at radius 2 is 1.86 bits per heavy atom. The first-order valence-corrected chi connectivity index (χ1v) is 9.15. The monoisotopic (exact) mass is 408 g/mol. The molecule has 0 spiro atoms. The summed E-state index contributed by atoms with van der Waals surface area (Å²) in [5, 5.41) is 9.12. The largest absolute Gasteiger partial charge is 0.462 e. The molecule has 0 saturated heterocycles. The summed E-state index contributed by atoms with van der Waals surface area (Å²) in [4.78, 5) is 12.7. The quantitative estimate of drug-likeness (QED) is 0.274. The number of ether oxygens (including phenoxy) is 1. The number of nitrogens with two attached hydrogens (primary N) is 1. The lowest BCUT2D eigenvalue weighted by Gasteiger charge is -2.17. The van der Waals surface area contributed by atoms with Gasteiger partial charge >= 0.3 is 5.97 Å². The minimum atomic E-state index is -0.355. The molecule has 0 fully saturated rings. The lowest BCUT2D eigenvalue weighted by Crippen LogP contribution is -2.08. The third-order valence-electron chi connectivity index (χ3n) is 4.60. The van der Waals surface area contributed by atoms with E-state index in [-0.39, 0.29) is 18.4 Å². The Morgan fingerprint density at radius 3 is 2.66 bits per heavy atom. The molecule has 1 aliphatic carbocycles. The van der Waals surface area contributed by atoms with Crippen LogP contribution < -0.4 is 11.1 Å². The first kappa shape index (κ1) is 20.4. The molecule has 0 unspecified atom stereocenters. The summed E-state index contributed by atoms with van der Waals surface area (Å²) in [6.07, 6.45) is 0.759. The number of nitrogens with one attached hydrogen (secondary N) is 1. The number of anilines is 1. The Balaban J connectivity index is 0.00000240. The molecule has 3 N–H and O–H groups in total. The highest BCUT2D eigenvalue weighted by Crippen LogP contribution is 2.41. The van der Waals surface area contributed by atoms with Crippen LogP contribution in [0.2, 0.25) is 0 Å². The molecule has 0 radical (unpaired) electrons. The van der Waals surface area contributed by atoms with E-state index in [9.17, 15) is 4.79 Å². The molecule has 1 aliphatic heterocycles. The maximum atomic E-state index is 12.7. The molecular formula is C23H21ClN2O3. The van der Waals surface area contributed by atoms with E-state index in [1.165, 1.54) is 0 Å². The second kappa shape index (κ2) is 8.37. The minimum Gasteiger partial charge on any atom is -0.462 e. The predicted octanol–water partition coefficient (Wildman–Crippen LogP) is 5.25. The molecule has 148 valence electrons. The number of halogens is 1. The number of esters is 1. The third kappa shape index (κ3) is 3.82. The Bertz CT molecular complexity index is 1220. The van der Waals surface area contributed by atoms with E-state index >= 15 is 0 Å². The van der Waals surface area contributed by atoms with E-state index in [0.717, 1.165) is 28.5 Å². The van der Waals surface area contributed by atoms with Gasteiger partial charge in [-0.05, 0) is 42.3 Å². The number of hydrogen-bond acceptors (Lipinski definition) is 5. The lowest BCUT2D eigenvalue weighted by molar-refractivity contribution is 0.0506. The molecule has 29 heavy (non-hydrogen) atoms. The molecule has 0 saturated carbocycles. The van der Waals surface area contributed by atoms with Crippen LogP contribution in [0.1, 0.15) is 23.7 Å². The van der Waals surface area contributed by atoms with Crippen LogP contribution in [0.4, 0.5) is 5.69 Å². The summed E-state index contributed by atoms with van der Waals surface area (Å²) < 4.78 is 11.4. The maximum absolute atomic E-state index is 12.7. The summed E-state index contributed by atoms with van der Waals surface area (Å²) in [5.41, 5.74) is 10.1. The van der Waals surface area contributed by atoms with Gasteiger partial charge in [-0.2, -0.15) is 0 Å². The number of rotatable bonds is 4. The van der Waals surface area contributed by atoms with Crippen molar-refractivity contribution in [1.82, 2.24) is 0 Å². The lowest BCUT2D eigenvalue weighted by atomic mass is 9.90. The summed E-state index contributed by atoms with van der Waals surface area (Å²) in [6.45, 7) is 2.33. The Labute approximate surface area is 174 Å². The van der Waals surface area contributed by atoms with Crippen molar-refractivity contribution in [2.24, 2.45) is 0 Å². The normalized spacial score (nSPS) is 10.7. The van der Waals surface area contributed by atoms with Crippen LogP contribution in [0.15, 0.2) is 65.1 Å². The van der Waals surface area contributed by atoms with E-state index in [4.69, 9.17) is 20.3 Å². The van der Waals surface area contributed by atoms with Crippen molar-refractivity contribution in [2.75, 3.05) is 12.3 Å². The van der Waals surface area contributed by atoms with Gasteiger partial charge in [-0.25, -0.2) is 4.79 Å². The zero-order valence-electron chi connectivity index (χ0n) is 15.9. The second-order valence-corrected chi connectivity index (χ2v) is 6.63. The summed E-state index contributed by atoms with van der Waals surface area (Å²) in [5.74, 6) is 0.212. The fourth-order valence-corrected chi connectivity index (χ4v) is 3.35. The van der Waals surface area contributed by atoms with E-state index in [1.54, 1.807) is 24.3 Å². The second-order valence-electron chi connectivity index (χ2n) is 6.63. The average molecular weight is 409 g/mol. The van der Waals surface area contributed by atoms with Gasteiger partial charge < -0.3 is 20.3 Å². The fourth-order valence-electron chi connectivity index (χ4n) is 3.35. The topological polar surface area (TPSA) is 89.3 Å². The van der Waals surface area contributed by atoms with Crippen LogP contribution in [0.5, 0.6) is 0 Å². The smallest absolute Gasteiger partial charge is 0.338 e. The Morgan fingerprint density at radius 1 is 1.07 bits per heavy atom. The molecular weight excluding hydrogens is 388 g/mol. The van der Waals surface area contributed by atoms with Gasteiger partial charge in [-0.1, -0.05) is 25.1 Å². The first-order valence-electron chi connectivity index (χ1n) is 9.15. The predicted molar refractivity (Wildman–Crippen MR) is 116 cm³/mol. The van der Waals surface area contributed by atoms with Crippen molar-refractivity contribution >= 4 is 35.0 Å². The van der Waals surface area contributed by atoms with Gasteiger partial charge in [0.05, 0.1) is 17.5 Å². The van der Waals surface area contributed by atoms with Crippen LogP contribution in [0.25, 0.3) is 33.4 Å². The van der Waals surface area contributed by atoms with Crippen molar-refractivity contribution < 1.29 is 13.9 Å². The molecule has 2 aromatic rings. The molecule has 5 nitrogen and oxygen atoms in total. The molecule has 0 aromatic heterocycles. The third-order valence-corrected chi connectivity index (χ3v) is 4.60. The highest BCUT2D eigenvalue weighted by molar-refractivity contribution is 6.08. The first-order chi connectivity index (χ1) is 13.6. The molecule has 0 amide bonds. The van der Waals surface area contributed by atoms with Crippen LogP contribution in [0, 0.1) is 5.41 Å². The number of carbonyl (C=O) groups is 1. The van der Waals surface area contributed by atoms with Crippen LogP contribution in [-0.4, -0.2) is 12.6 Å². The van der Waals surface area contributed by atoms with E-state index in [1.807, 2.05) is 43.3 Å². The van der Waals surface area contributed by atoms with Crippen molar-refractivity contribution in [3.8, 4) is 22.5 Å². The molecule has 1 heterocycles. The maximum Gasteiger partial charge on any atom is 0.338 e. The molecule has 2 aliphatic rings. The summed E-state index contributed by atoms with van der Waals surface area (Å²) in [7, 11) is 0. The Kier molecular flexibility index (Phi) is 5.89. The van der Waals surface area contributed by atoms with Crippen LogP contribution in [-0.2, 0) is 4.74 Å². The van der Waals surface area contributed by atoms with Crippen molar-refractivity contribution in [3.63, 3.8) is 0 Å². The van der Waals surface area contributed by atoms with Gasteiger partial charge in [0.1, 0.15) is 11.3 Å². The zero-order valence-corrected chi connectivity index (χ0v) is 16.7. The number of carbonyl (C=O) groups excluding carboxylic acids is 1.